The predicted molar refractivity (Wildman–Crippen MR) is 95.7 cm³/mol. The lowest BCUT2D eigenvalue weighted by molar-refractivity contribution is 0.0494. The Morgan fingerprint density at radius 3 is 2.92 bits per heavy atom. The van der Waals surface area contributed by atoms with Crippen LogP contribution in [-0.4, -0.2) is 47.5 Å². The molecule has 1 unspecified atom stereocenters. The average molecular weight is 329 g/mol. The van der Waals surface area contributed by atoms with Crippen LogP contribution in [0, 0.1) is 5.92 Å². The Morgan fingerprint density at radius 1 is 1.38 bits per heavy atom. The van der Waals surface area contributed by atoms with Crippen LogP contribution in [0.5, 0.6) is 0 Å². The first-order valence-electron chi connectivity index (χ1n) is 8.78. The molecular formula is C19H27N3O2. The molecule has 0 aliphatic carbocycles. The van der Waals surface area contributed by atoms with Gasteiger partial charge in [-0.2, -0.15) is 0 Å². The summed E-state index contributed by atoms with van der Waals surface area (Å²) < 4.78 is 5.56. The van der Waals surface area contributed by atoms with E-state index >= 15 is 0 Å². The van der Waals surface area contributed by atoms with Crippen LogP contribution in [0.2, 0.25) is 0 Å². The van der Waals surface area contributed by atoms with Crippen LogP contribution < -0.4 is 0 Å². The second-order valence-corrected chi connectivity index (χ2v) is 7.18. The van der Waals surface area contributed by atoms with Gasteiger partial charge in [0.25, 0.3) is 0 Å². The molecule has 130 valence electrons. The molecule has 1 N–H and O–H groups in total. The fourth-order valence-electron chi connectivity index (χ4n) is 3.10. The van der Waals surface area contributed by atoms with Crippen LogP contribution in [0.1, 0.15) is 44.4 Å². The maximum absolute atomic E-state index is 10.0. The van der Waals surface area contributed by atoms with E-state index in [2.05, 4.69) is 21.1 Å². The van der Waals surface area contributed by atoms with Crippen LogP contribution in [0.4, 0.5) is 0 Å². The van der Waals surface area contributed by atoms with E-state index in [-0.39, 0.29) is 0 Å². The summed E-state index contributed by atoms with van der Waals surface area (Å²) in [6.45, 7) is 7.18. The molecule has 1 atom stereocenters. The van der Waals surface area contributed by atoms with Crippen molar-refractivity contribution in [3.05, 3.63) is 35.8 Å². The molecule has 3 heterocycles. The average Bonchev–Trinajstić information content (AvgIpc) is 2.60. The molecule has 3 rings (SSSR count). The van der Waals surface area contributed by atoms with Gasteiger partial charge in [-0.25, -0.2) is 0 Å². The summed E-state index contributed by atoms with van der Waals surface area (Å²) in [4.78, 5) is 11.2. The van der Waals surface area contributed by atoms with E-state index in [1.807, 2.05) is 18.3 Å². The maximum Gasteiger partial charge on any atom is 0.101 e. The van der Waals surface area contributed by atoms with E-state index in [4.69, 9.17) is 4.74 Å². The first kappa shape index (κ1) is 17.1. The fourth-order valence-corrected chi connectivity index (χ4v) is 3.10. The van der Waals surface area contributed by atoms with Gasteiger partial charge in [0.2, 0.25) is 0 Å². The summed E-state index contributed by atoms with van der Waals surface area (Å²) in [5.74, 6) is 0.683. The van der Waals surface area contributed by atoms with Crippen molar-refractivity contribution in [1.29, 1.82) is 0 Å². The van der Waals surface area contributed by atoms with Gasteiger partial charge in [0.1, 0.15) is 5.60 Å². The van der Waals surface area contributed by atoms with E-state index in [1.54, 1.807) is 20.0 Å². The number of nitrogens with zero attached hydrogens (tertiary/aromatic N) is 3. The van der Waals surface area contributed by atoms with Gasteiger partial charge in [0.05, 0.1) is 17.9 Å². The zero-order chi connectivity index (χ0) is 17.0. The van der Waals surface area contributed by atoms with Crippen molar-refractivity contribution in [3.8, 4) is 0 Å². The molecule has 1 fully saturated rings. The minimum Gasteiger partial charge on any atom is -0.384 e. The number of hydrogen-bond donors (Lipinski definition) is 1. The summed E-state index contributed by atoms with van der Waals surface area (Å²) >= 11 is 0. The van der Waals surface area contributed by atoms with E-state index in [0.29, 0.717) is 11.6 Å². The van der Waals surface area contributed by atoms with Gasteiger partial charge in [0, 0.05) is 43.9 Å². The van der Waals surface area contributed by atoms with Crippen LogP contribution in [0.25, 0.3) is 5.70 Å². The molecule has 2 aliphatic rings. The Balaban J connectivity index is 1.62. The molecule has 24 heavy (non-hydrogen) atoms. The monoisotopic (exact) mass is 329 g/mol. The molecule has 0 amide bonds. The lowest BCUT2D eigenvalue weighted by atomic mass is 9.98. The van der Waals surface area contributed by atoms with Gasteiger partial charge >= 0.3 is 0 Å². The quantitative estimate of drug-likeness (QED) is 0.902. The van der Waals surface area contributed by atoms with E-state index < -0.39 is 5.60 Å². The van der Waals surface area contributed by atoms with Crippen LogP contribution in [-0.2, 0) is 10.3 Å². The topological polar surface area (TPSA) is 58.0 Å². The summed E-state index contributed by atoms with van der Waals surface area (Å²) in [6, 6.07) is 3.84. The van der Waals surface area contributed by atoms with Gasteiger partial charge in [0.15, 0.2) is 0 Å². The third kappa shape index (κ3) is 4.42. The summed E-state index contributed by atoms with van der Waals surface area (Å²) in [5.41, 5.74) is 1.65. The number of aliphatic hydroxyl groups is 1. The number of ether oxygens (including phenoxy) is 1. The Kier molecular flexibility index (Phi) is 5.31. The van der Waals surface area contributed by atoms with Crippen molar-refractivity contribution in [1.82, 2.24) is 9.88 Å². The molecule has 1 aromatic heterocycles. The Labute approximate surface area is 144 Å². The van der Waals surface area contributed by atoms with Gasteiger partial charge in [-0.1, -0.05) is 0 Å². The minimum atomic E-state index is -0.920. The van der Waals surface area contributed by atoms with E-state index in [1.165, 1.54) is 12.8 Å². The SMILES string of the molecule is CC(C)(O)c1ccc(C2=CN(CCC3CCCOC3)CC=N2)cn1. The highest BCUT2D eigenvalue weighted by Gasteiger charge is 2.18. The Morgan fingerprint density at radius 2 is 2.25 bits per heavy atom. The van der Waals surface area contributed by atoms with E-state index in [0.717, 1.165) is 44.0 Å². The van der Waals surface area contributed by atoms with Crippen LogP contribution in [0.3, 0.4) is 0 Å². The zero-order valence-electron chi connectivity index (χ0n) is 14.6. The molecule has 1 saturated heterocycles. The smallest absolute Gasteiger partial charge is 0.101 e. The third-order valence-corrected chi connectivity index (χ3v) is 4.62. The molecule has 2 aliphatic heterocycles. The number of aromatic nitrogens is 1. The second kappa shape index (κ2) is 7.45. The maximum atomic E-state index is 10.0. The molecule has 1 aromatic rings. The Bertz CT molecular complexity index is 596. The molecule has 0 bridgehead atoms. The molecule has 0 aromatic carbocycles. The highest BCUT2D eigenvalue weighted by Crippen LogP contribution is 2.23. The highest BCUT2D eigenvalue weighted by molar-refractivity contribution is 5.76. The summed E-state index contributed by atoms with van der Waals surface area (Å²) in [7, 11) is 0. The molecule has 5 nitrogen and oxygen atoms in total. The van der Waals surface area contributed by atoms with Crippen molar-refractivity contribution in [2.24, 2.45) is 10.9 Å². The predicted octanol–water partition coefficient (Wildman–Crippen LogP) is 2.81. The highest BCUT2D eigenvalue weighted by atomic mass is 16.5. The van der Waals surface area contributed by atoms with Crippen molar-refractivity contribution >= 4 is 11.9 Å². The number of pyridine rings is 1. The van der Waals surface area contributed by atoms with Crippen molar-refractivity contribution in [2.45, 2.75) is 38.7 Å². The fraction of sp³-hybridized carbons (Fsp3) is 0.579. The molecular weight excluding hydrogens is 302 g/mol. The summed E-state index contributed by atoms with van der Waals surface area (Å²) in [5, 5.41) is 10.0. The van der Waals surface area contributed by atoms with Gasteiger partial charge < -0.3 is 14.7 Å². The van der Waals surface area contributed by atoms with E-state index in [9.17, 15) is 5.11 Å². The second-order valence-electron chi connectivity index (χ2n) is 7.18. The largest absolute Gasteiger partial charge is 0.384 e. The lowest BCUT2D eigenvalue weighted by Gasteiger charge is -2.27. The molecule has 0 spiro atoms. The summed E-state index contributed by atoms with van der Waals surface area (Å²) in [6.07, 6.45) is 9.48. The normalized spacial score (nSPS) is 21.7. The van der Waals surface area contributed by atoms with Gasteiger partial charge in [-0.15, -0.1) is 0 Å². The standard InChI is InChI=1S/C19H27N3O2/c1-19(2,23)18-6-5-16(12-21-18)17-13-22(10-8-20-17)9-7-15-4-3-11-24-14-15/h5-6,8,12-13,15,23H,3-4,7,9-11,14H2,1-2H3. The van der Waals surface area contributed by atoms with Gasteiger partial charge in [-0.3, -0.25) is 9.98 Å². The Hall–Kier alpha value is -1.72. The van der Waals surface area contributed by atoms with Crippen LogP contribution >= 0.6 is 0 Å². The minimum absolute atomic E-state index is 0.667. The number of aliphatic imine (C=N–C) groups is 1. The lowest BCUT2D eigenvalue weighted by Crippen LogP contribution is -2.27. The number of hydrogen-bond acceptors (Lipinski definition) is 5. The first-order chi connectivity index (χ1) is 11.5. The molecule has 0 radical (unpaired) electrons. The van der Waals surface area contributed by atoms with Crippen LogP contribution in [0.15, 0.2) is 29.5 Å². The molecule has 0 saturated carbocycles. The molecule has 5 heteroatoms. The van der Waals surface area contributed by atoms with Crippen molar-refractivity contribution < 1.29 is 9.84 Å². The number of rotatable bonds is 5. The first-order valence-corrected chi connectivity index (χ1v) is 8.78. The zero-order valence-corrected chi connectivity index (χ0v) is 14.6. The van der Waals surface area contributed by atoms with Gasteiger partial charge in [-0.05, 0) is 51.2 Å². The third-order valence-electron chi connectivity index (χ3n) is 4.62. The van der Waals surface area contributed by atoms with Crippen molar-refractivity contribution in [3.63, 3.8) is 0 Å². The van der Waals surface area contributed by atoms with Crippen molar-refractivity contribution in [2.75, 3.05) is 26.3 Å².